The van der Waals surface area contributed by atoms with E-state index < -0.39 is 24.6 Å². The molecule has 1 rings (SSSR count). The van der Waals surface area contributed by atoms with Crippen molar-refractivity contribution in [1.82, 2.24) is 5.32 Å². The normalized spacial score (nSPS) is 9.75. The van der Waals surface area contributed by atoms with Crippen LogP contribution in [0.15, 0.2) is 18.2 Å². The van der Waals surface area contributed by atoms with Crippen molar-refractivity contribution in [1.29, 1.82) is 0 Å². The average molecular weight is 279 g/mol. The van der Waals surface area contributed by atoms with Crippen LogP contribution in [0.1, 0.15) is 28.4 Å². The number of carbonyl (C=O) groups is 3. The molecule has 0 atom stereocenters. The van der Waals surface area contributed by atoms with Crippen LogP contribution in [0.4, 0.5) is 4.79 Å². The van der Waals surface area contributed by atoms with Gasteiger partial charge in [0.05, 0.1) is 12.2 Å². The van der Waals surface area contributed by atoms with Crippen molar-refractivity contribution in [2.24, 2.45) is 0 Å². The van der Waals surface area contributed by atoms with E-state index in [0.29, 0.717) is 5.56 Å². The smallest absolute Gasteiger partial charge is 0.413 e. The van der Waals surface area contributed by atoms with Crippen LogP contribution in [0.5, 0.6) is 0 Å². The predicted molar refractivity (Wildman–Crippen MR) is 71.4 cm³/mol. The van der Waals surface area contributed by atoms with Crippen molar-refractivity contribution in [3.8, 4) is 0 Å². The van der Waals surface area contributed by atoms with Crippen molar-refractivity contribution in [2.75, 3.05) is 13.2 Å². The molecule has 0 aliphatic carbocycles. The van der Waals surface area contributed by atoms with Crippen molar-refractivity contribution >= 4 is 18.0 Å². The Kier molecular flexibility index (Phi) is 5.71. The minimum atomic E-state index is -0.861. The number of imide groups is 1. The number of alkyl carbamates (subject to hydrolysis) is 1. The fourth-order valence-electron chi connectivity index (χ4n) is 1.48. The van der Waals surface area contributed by atoms with Crippen LogP contribution in [0.2, 0.25) is 0 Å². The molecule has 6 nitrogen and oxygen atoms in total. The van der Waals surface area contributed by atoms with Crippen LogP contribution in [0.3, 0.4) is 0 Å². The summed E-state index contributed by atoms with van der Waals surface area (Å²) >= 11 is 0. The van der Waals surface area contributed by atoms with Crippen LogP contribution in [-0.2, 0) is 14.3 Å². The molecule has 1 aromatic carbocycles. The van der Waals surface area contributed by atoms with Gasteiger partial charge in [-0.25, -0.2) is 9.59 Å². The summed E-state index contributed by atoms with van der Waals surface area (Å²) in [4.78, 5) is 34.1. The summed E-state index contributed by atoms with van der Waals surface area (Å²) in [5.74, 6) is -1.34. The highest BCUT2D eigenvalue weighted by atomic mass is 16.6. The van der Waals surface area contributed by atoms with E-state index in [0.717, 1.165) is 11.1 Å². The first-order chi connectivity index (χ1) is 9.43. The Morgan fingerprint density at radius 2 is 1.85 bits per heavy atom. The fraction of sp³-hybridized carbons (Fsp3) is 0.357. The largest absolute Gasteiger partial charge is 0.452 e. The minimum absolute atomic E-state index is 0.154. The zero-order valence-corrected chi connectivity index (χ0v) is 11.7. The van der Waals surface area contributed by atoms with E-state index in [-0.39, 0.29) is 6.61 Å². The number of carbonyl (C=O) groups excluding carboxylic acids is 3. The van der Waals surface area contributed by atoms with E-state index in [4.69, 9.17) is 4.74 Å². The summed E-state index contributed by atoms with van der Waals surface area (Å²) in [5, 5.41) is 1.94. The summed E-state index contributed by atoms with van der Waals surface area (Å²) in [6.45, 7) is 4.86. The molecule has 0 saturated heterocycles. The van der Waals surface area contributed by atoms with Crippen LogP contribution >= 0.6 is 0 Å². The highest BCUT2D eigenvalue weighted by molar-refractivity contribution is 5.96. The van der Waals surface area contributed by atoms with Crippen molar-refractivity contribution in [3.05, 3.63) is 34.9 Å². The van der Waals surface area contributed by atoms with Gasteiger partial charge < -0.3 is 9.47 Å². The van der Waals surface area contributed by atoms with Crippen molar-refractivity contribution in [3.63, 3.8) is 0 Å². The Bertz CT molecular complexity index is 524. The lowest BCUT2D eigenvalue weighted by atomic mass is 10.1. The number of rotatable bonds is 4. The molecule has 0 bridgehead atoms. The second kappa shape index (κ2) is 7.28. The van der Waals surface area contributed by atoms with E-state index in [1.165, 1.54) is 0 Å². The van der Waals surface area contributed by atoms with Crippen LogP contribution in [0, 0.1) is 13.8 Å². The first kappa shape index (κ1) is 15.7. The Morgan fingerprint density at radius 3 is 2.50 bits per heavy atom. The van der Waals surface area contributed by atoms with Gasteiger partial charge >= 0.3 is 12.1 Å². The van der Waals surface area contributed by atoms with Gasteiger partial charge in [-0.1, -0.05) is 17.7 Å². The van der Waals surface area contributed by atoms with Gasteiger partial charge in [-0.05, 0) is 32.4 Å². The molecule has 2 amide bonds. The minimum Gasteiger partial charge on any atom is -0.452 e. The average Bonchev–Trinajstić information content (AvgIpc) is 2.39. The number of nitrogens with one attached hydrogen (secondary N) is 1. The molecule has 0 heterocycles. The Labute approximate surface area is 117 Å². The third-order valence-electron chi connectivity index (χ3n) is 2.46. The number of ether oxygens (including phenoxy) is 2. The summed E-state index contributed by atoms with van der Waals surface area (Å²) in [6.07, 6.45) is -0.861. The number of benzene rings is 1. The van der Waals surface area contributed by atoms with E-state index in [9.17, 15) is 14.4 Å². The topological polar surface area (TPSA) is 81.7 Å². The summed E-state index contributed by atoms with van der Waals surface area (Å²) in [7, 11) is 0. The molecule has 0 fully saturated rings. The molecular weight excluding hydrogens is 262 g/mol. The van der Waals surface area contributed by atoms with Crippen LogP contribution in [0.25, 0.3) is 0 Å². The van der Waals surface area contributed by atoms with Gasteiger partial charge in [0.1, 0.15) is 0 Å². The second-order valence-electron chi connectivity index (χ2n) is 4.16. The molecule has 0 spiro atoms. The maximum absolute atomic E-state index is 11.8. The molecule has 0 aromatic heterocycles. The van der Waals surface area contributed by atoms with Gasteiger partial charge in [0.15, 0.2) is 6.61 Å². The molecule has 0 saturated carbocycles. The fourth-order valence-corrected chi connectivity index (χ4v) is 1.48. The van der Waals surface area contributed by atoms with Crippen LogP contribution in [-0.4, -0.2) is 31.2 Å². The zero-order valence-electron chi connectivity index (χ0n) is 11.7. The van der Waals surface area contributed by atoms with E-state index >= 15 is 0 Å². The number of amides is 2. The van der Waals surface area contributed by atoms with Gasteiger partial charge in [0.25, 0.3) is 5.91 Å². The molecule has 0 aliphatic heterocycles. The lowest BCUT2D eigenvalue weighted by Gasteiger charge is -2.08. The van der Waals surface area contributed by atoms with Crippen molar-refractivity contribution < 1.29 is 23.9 Å². The maximum Gasteiger partial charge on any atom is 0.413 e. The molecule has 108 valence electrons. The number of aryl methyl sites for hydroxylation is 2. The number of hydrogen-bond donors (Lipinski definition) is 1. The number of esters is 1. The predicted octanol–water partition coefficient (Wildman–Crippen LogP) is 1.73. The molecule has 0 unspecified atom stereocenters. The standard InChI is InChI=1S/C14H17NO5/c1-4-19-14(18)15-12(16)8-20-13(17)11-7-9(2)5-6-10(11)3/h5-7H,4,8H2,1-3H3,(H,15,16,18). The van der Waals surface area contributed by atoms with Gasteiger partial charge in [0, 0.05) is 0 Å². The van der Waals surface area contributed by atoms with E-state index in [1.807, 2.05) is 18.3 Å². The molecule has 0 aliphatic rings. The van der Waals surface area contributed by atoms with Gasteiger partial charge in [-0.3, -0.25) is 10.1 Å². The zero-order chi connectivity index (χ0) is 15.1. The Hall–Kier alpha value is -2.37. The molecule has 20 heavy (non-hydrogen) atoms. The van der Waals surface area contributed by atoms with Gasteiger partial charge in [-0.2, -0.15) is 0 Å². The van der Waals surface area contributed by atoms with E-state index in [1.54, 1.807) is 26.0 Å². The third-order valence-corrected chi connectivity index (χ3v) is 2.46. The SMILES string of the molecule is CCOC(=O)NC(=O)COC(=O)c1cc(C)ccc1C. The Morgan fingerprint density at radius 1 is 1.15 bits per heavy atom. The van der Waals surface area contributed by atoms with Gasteiger partial charge in [0.2, 0.25) is 0 Å². The second-order valence-corrected chi connectivity index (χ2v) is 4.16. The molecule has 1 N–H and O–H groups in total. The van der Waals surface area contributed by atoms with Crippen molar-refractivity contribution in [2.45, 2.75) is 20.8 Å². The molecule has 6 heteroatoms. The highest BCUT2D eigenvalue weighted by Gasteiger charge is 2.14. The quantitative estimate of drug-likeness (QED) is 0.849. The first-order valence-electron chi connectivity index (χ1n) is 6.15. The molecule has 1 aromatic rings. The maximum atomic E-state index is 11.8. The monoisotopic (exact) mass is 279 g/mol. The summed E-state index contributed by atoms with van der Waals surface area (Å²) in [5.41, 5.74) is 2.07. The lowest BCUT2D eigenvalue weighted by Crippen LogP contribution is -2.34. The number of hydrogen-bond acceptors (Lipinski definition) is 5. The van der Waals surface area contributed by atoms with Crippen LogP contribution < -0.4 is 5.32 Å². The molecular formula is C14H17NO5. The van der Waals surface area contributed by atoms with E-state index in [2.05, 4.69) is 4.74 Å². The first-order valence-corrected chi connectivity index (χ1v) is 6.15. The summed E-state index contributed by atoms with van der Waals surface area (Å²) < 4.78 is 9.37. The molecule has 0 radical (unpaired) electrons. The third kappa shape index (κ3) is 4.72. The highest BCUT2D eigenvalue weighted by Crippen LogP contribution is 2.11. The Balaban J connectivity index is 2.53. The lowest BCUT2D eigenvalue weighted by molar-refractivity contribution is -0.123. The van der Waals surface area contributed by atoms with Gasteiger partial charge in [-0.15, -0.1) is 0 Å². The summed E-state index contributed by atoms with van der Waals surface area (Å²) in [6, 6.07) is 5.35.